The molecule has 0 aromatic rings. The van der Waals surface area contributed by atoms with Gasteiger partial charge in [-0.05, 0) is 20.3 Å². The maximum absolute atomic E-state index is 11.9. The third-order valence-electron chi connectivity index (χ3n) is 3.96. The summed E-state index contributed by atoms with van der Waals surface area (Å²) in [5.74, 6) is 0.636. The Hall–Kier alpha value is -1.00. The van der Waals surface area contributed by atoms with Crippen LogP contribution in [0.2, 0.25) is 0 Å². The molecule has 0 unspecified atom stereocenters. The van der Waals surface area contributed by atoms with Gasteiger partial charge in [-0.15, -0.1) is 11.8 Å². The molecule has 0 aliphatic rings. The number of ether oxygens (including phenoxy) is 4. The molecule has 9 heteroatoms. The van der Waals surface area contributed by atoms with Crippen LogP contribution in [-0.2, 0) is 33.3 Å². The topological polar surface area (TPSA) is 100 Å². The molecule has 0 fully saturated rings. The van der Waals surface area contributed by atoms with Gasteiger partial charge >= 0.3 is 0 Å². The lowest BCUT2D eigenvalue weighted by molar-refractivity contribution is -0.119. The van der Waals surface area contributed by atoms with E-state index in [1.807, 2.05) is 13.8 Å². The maximum Gasteiger partial charge on any atom is 0.230 e. The van der Waals surface area contributed by atoms with Crippen LogP contribution in [0.5, 0.6) is 0 Å². The average Bonchev–Trinajstić information content (AvgIpc) is 2.67. The minimum atomic E-state index is -0.0942. The van der Waals surface area contributed by atoms with E-state index in [0.717, 1.165) is 6.42 Å². The molecule has 0 atom stereocenters. The Labute approximate surface area is 185 Å². The molecule has 0 bridgehead atoms. The van der Waals surface area contributed by atoms with Gasteiger partial charge in [-0.3, -0.25) is 9.59 Å². The highest BCUT2D eigenvalue weighted by Gasteiger charge is 2.20. The van der Waals surface area contributed by atoms with Crippen LogP contribution in [0.15, 0.2) is 0 Å². The number of rotatable bonds is 21. The molecular formula is C21H39NO7S. The Bertz CT molecular complexity index is 486. The number of thioether (sulfide) groups is 1. The van der Waals surface area contributed by atoms with Crippen molar-refractivity contribution in [2.75, 3.05) is 65.2 Å². The molecule has 0 rings (SSSR count). The Balaban J connectivity index is 3.36. The van der Waals surface area contributed by atoms with E-state index in [1.165, 1.54) is 0 Å². The van der Waals surface area contributed by atoms with Gasteiger partial charge in [0.05, 0.1) is 58.6 Å². The zero-order valence-electron chi connectivity index (χ0n) is 19.0. The van der Waals surface area contributed by atoms with E-state index in [-0.39, 0.29) is 22.2 Å². The lowest BCUT2D eigenvalue weighted by Gasteiger charge is -2.23. The minimum Gasteiger partial charge on any atom is -0.379 e. The normalized spacial score (nSPS) is 11.5. The predicted octanol–water partition coefficient (Wildman–Crippen LogP) is 2.03. The number of hydrogen-bond acceptors (Lipinski definition) is 8. The molecule has 30 heavy (non-hydrogen) atoms. The summed E-state index contributed by atoms with van der Waals surface area (Å²) in [6.45, 7) is 11.4. The first-order chi connectivity index (χ1) is 14.2. The molecule has 0 saturated carbocycles. The van der Waals surface area contributed by atoms with E-state index in [4.69, 9.17) is 18.9 Å². The van der Waals surface area contributed by atoms with Crippen LogP contribution < -0.4 is 5.32 Å². The summed E-state index contributed by atoms with van der Waals surface area (Å²) in [4.78, 5) is 33.7. The van der Waals surface area contributed by atoms with Crippen molar-refractivity contribution < 1.29 is 33.3 Å². The monoisotopic (exact) mass is 449 g/mol. The predicted molar refractivity (Wildman–Crippen MR) is 118 cm³/mol. The van der Waals surface area contributed by atoms with Crippen LogP contribution >= 0.6 is 11.8 Å². The third-order valence-corrected chi connectivity index (χ3v) is 5.35. The van der Waals surface area contributed by atoms with E-state index in [9.17, 15) is 14.4 Å². The Morgan fingerprint density at radius 2 is 1.20 bits per heavy atom. The van der Waals surface area contributed by atoms with Gasteiger partial charge in [-0.25, -0.2) is 0 Å². The molecule has 0 heterocycles. The van der Waals surface area contributed by atoms with Gasteiger partial charge in [0, 0.05) is 24.1 Å². The van der Waals surface area contributed by atoms with E-state index >= 15 is 0 Å². The number of hydrogen-bond donors (Lipinski definition) is 1. The van der Waals surface area contributed by atoms with Crippen LogP contribution in [-0.4, -0.2) is 87.4 Å². The molecule has 0 saturated heterocycles. The molecule has 0 aromatic heterocycles. The molecule has 8 nitrogen and oxygen atoms in total. The molecule has 1 amide bonds. The Kier molecular flexibility index (Phi) is 18.1. The second-order valence-electron chi connectivity index (χ2n) is 7.50. The molecule has 0 radical (unpaired) electrons. The van der Waals surface area contributed by atoms with Crippen molar-refractivity contribution in [1.29, 1.82) is 0 Å². The first-order valence-electron chi connectivity index (χ1n) is 10.4. The SMILES string of the molecule is CC(=O)CCOCCOCCOCCOCCNC(=O)CSC(C)(C)CCC(C)=O. The zero-order valence-corrected chi connectivity index (χ0v) is 19.8. The smallest absolute Gasteiger partial charge is 0.230 e. The van der Waals surface area contributed by atoms with Gasteiger partial charge < -0.3 is 29.1 Å². The second-order valence-corrected chi connectivity index (χ2v) is 9.18. The lowest BCUT2D eigenvalue weighted by Crippen LogP contribution is -2.31. The standard InChI is InChI=1S/C21H39NO7S/c1-18(23)5-7-21(3,4)30-17-20(25)22-8-10-27-12-14-29-16-15-28-13-11-26-9-6-19(2)24/h5-17H2,1-4H3,(H,22,25). The highest BCUT2D eigenvalue weighted by molar-refractivity contribution is 8.01. The molecule has 0 aromatic carbocycles. The van der Waals surface area contributed by atoms with Crippen LogP contribution in [0, 0.1) is 0 Å². The first-order valence-corrected chi connectivity index (χ1v) is 11.4. The third kappa shape index (κ3) is 21.7. The van der Waals surface area contributed by atoms with Crippen molar-refractivity contribution in [1.82, 2.24) is 5.32 Å². The van der Waals surface area contributed by atoms with Gasteiger partial charge in [-0.2, -0.15) is 0 Å². The van der Waals surface area contributed by atoms with Gasteiger partial charge in [0.1, 0.15) is 11.6 Å². The number of carbonyl (C=O) groups excluding carboxylic acids is 3. The van der Waals surface area contributed by atoms with Crippen LogP contribution in [0.4, 0.5) is 0 Å². The number of amides is 1. The zero-order chi connectivity index (χ0) is 22.7. The fraction of sp³-hybridized carbons (Fsp3) is 0.857. The maximum atomic E-state index is 11.9. The first kappa shape index (κ1) is 29.0. The van der Waals surface area contributed by atoms with E-state index < -0.39 is 0 Å². The van der Waals surface area contributed by atoms with Crippen molar-refractivity contribution in [2.45, 2.75) is 51.7 Å². The molecule has 0 aliphatic carbocycles. The summed E-state index contributed by atoms with van der Waals surface area (Å²) in [5, 5.41) is 2.82. The largest absolute Gasteiger partial charge is 0.379 e. The van der Waals surface area contributed by atoms with Gasteiger partial charge in [0.15, 0.2) is 0 Å². The number of ketones is 2. The van der Waals surface area contributed by atoms with Crippen molar-refractivity contribution in [3.05, 3.63) is 0 Å². The van der Waals surface area contributed by atoms with E-state index in [0.29, 0.717) is 78.0 Å². The van der Waals surface area contributed by atoms with Crippen molar-refractivity contribution >= 4 is 29.2 Å². The number of Topliss-reactive ketones (excluding diaryl/α,β-unsaturated/α-hetero) is 2. The Morgan fingerprint density at radius 1 is 0.733 bits per heavy atom. The highest BCUT2D eigenvalue weighted by atomic mass is 32.2. The number of carbonyl (C=O) groups is 3. The van der Waals surface area contributed by atoms with Crippen molar-refractivity contribution in [3.8, 4) is 0 Å². The van der Waals surface area contributed by atoms with Crippen molar-refractivity contribution in [2.24, 2.45) is 0 Å². The van der Waals surface area contributed by atoms with Gasteiger partial charge in [0.2, 0.25) is 5.91 Å². The van der Waals surface area contributed by atoms with Crippen molar-refractivity contribution in [3.63, 3.8) is 0 Å². The fourth-order valence-electron chi connectivity index (χ4n) is 2.10. The lowest BCUT2D eigenvalue weighted by atomic mass is 10.1. The van der Waals surface area contributed by atoms with Gasteiger partial charge in [0.25, 0.3) is 0 Å². The van der Waals surface area contributed by atoms with E-state index in [1.54, 1.807) is 25.6 Å². The summed E-state index contributed by atoms with van der Waals surface area (Å²) in [6.07, 6.45) is 1.75. The molecular weight excluding hydrogens is 410 g/mol. The summed E-state index contributed by atoms with van der Waals surface area (Å²) in [7, 11) is 0. The average molecular weight is 450 g/mol. The highest BCUT2D eigenvalue weighted by Crippen LogP contribution is 2.29. The summed E-state index contributed by atoms with van der Waals surface area (Å²) >= 11 is 1.56. The molecule has 1 N–H and O–H groups in total. The Morgan fingerprint density at radius 3 is 1.70 bits per heavy atom. The van der Waals surface area contributed by atoms with Crippen LogP contribution in [0.3, 0.4) is 0 Å². The second kappa shape index (κ2) is 18.7. The number of nitrogens with one attached hydrogen (secondary N) is 1. The van der Waals surface area contributed by atoms with Crippen LogP contribution in [0.1, 0.15) is 47.0 Å². The quantitative estimate of drug-likeness (QED) is 0.266. The fourth-order valence-corrected chi connectivity index (χ4v) is 2.97. The molecule has 0 aliphatic heterocycles. The van der Waals surface area contributed by atoms with Crippen LogP contribution in [0.25, 0.3) is 0 Å². The van der Waals surface area contributed by atoms with E-state index in [2.05, 4.69) is 5.32 Å². The summed E-state index contributed by atoms with van der Waals surface area (Å²) in [6, 6.07) is 0. The molecule has 176 valence electrons. The van der Waals surface area contributed by atoms with Gasteiger partial charge in [-0.1, -0.05) is 13.8 Å². The molecule has 0 spiro atoms. The summed E-state index contributed by atoms with van der Waals surface area (Å²) < 4.78 is 21.3. The summed E-state index contributed by atoms with van der Waals surface area (Å²) in [5.41, 5.74) is 0. The minimum absolute atomic E-state index is 0.0295.